The monoisotopic (exact) mass is 247 g/mol. The van der Waals surface area contributed by atoms with E-state index in [1.165, 1.54) is 18.2 Å². The number of hydrogen-bond donors (Lipinski definition) is 1. The van der Waals surface area contributed by atoms with Crippen molar-refractivity contribution in [3.8, 4) is 0 Å². The maximum absolute atomic E-state index is 13.5. The fourth-order valence-corrected chi connectivity index (χ4v) is 1.77. The normalized spacial score (nSPS) is 10.4. The van der Waals surface area contributed by atoms with Crippen LogP contribution in [-0.4, -0.2) is 5.78 Å². The molecule has 0 bridgehead atoms. The van der Waals surface area contributed by atoms with Crippen LogP contribution in [0, 0.1) is 18.6 Å². The van der Waals surface area contributed by atoms with Crippen LogP contribution < -0.4 is 5.73 Å². The minimum Gasteiger partial charge on any atom is -0.399 e. The quantitative estimate of drug-likeness (QED) is 0.654. The molecule has 4 heteroatoms. The average Bonchev–Trinajstić information content (AvgIpc) is 2.32. The van der Waals surface area contributed by atoms with Crippen LogP contribution in [0.4, 0.5) is 14.5 Å². The number of anilines is 1. The predicted molar refractivity (Wildman–Crippen MR) is 65.4 cm³/mol. The van der Waals surface area contributed by atoms with Gasteiger partial charge in [0.25, 0.3) is 0 Å². The average molecular weight is 247 g/mol. The van der Waals surface area contributed by atoms with Crippen molar-refractivity contribution in [2.75, 3.05) is 5.73 Å². The van der Waals surface area contributed by atoms with Crippen molar-refractivity contribution >= 4 is 11.5 Å². The molecule has 0 spiro atoms. The lowest BCUT2D eigenvalue weighted by Crippen LogP contribution is -2.07. The Kier molecular flexibility index (Phi) is 3.10. The third-order valence-corrected chi connectivity index (χ3v) is 2.69. The second kappa shape index (κ2) is 4.56. The van der Waals surface area contributed by atoms with Gasteiger partial charge in [0, 0.05) is 11.3 Å². The lowest BCUT2D eigenvalue weighted by Gasteiger charge is -2.07. The van der Waals surface area contributed by atoms with E-state index in [2.05, 4.69) is 0 Å². The number of halogens is 2. The minimum absolute atomic E-state index is 0.275. The molecule has 0 unspecified atom stereocenters. The first-order chi connectivity index (χ1) is 8.50. The molecule has 0 aliphatic rings. The largest absolute Gasteiger partial charge is 0.399 e. The number of carbonyl (C=O) groups excluding carboxylic acids is 1. The SMILES string of the molecule is Cc1cc(N)ccc1C(=O)c1cccc(F)c1F. The fourth-order valence-electron chi connectivity index (χ4n) is 1.77. The van der Waals surface area contributed by atoms with E-state index in [4.69, 9.17) is 5.73 Å². The summed E-state index contributed by atoms with van der Waals surface area (Å²) in [5, 5.41) is 0. The Morgan fingerprint density at radius 3 is 2.50 bits per heavy atom. The van der Waals surface area contributed by atoms with E-state index in [1.54, 1.807) is 19.1 Å². The maximum atomic E-state index is 13.5. The molecule has 0 heterocycles. The summed E-state index contributed by atoms with van der Waals surface area (Å²) in [6, 6.07) is 8.22. The third-order valence-electron chi connectivity index (χ3n) is 2.69. The second-order valence-corrected chi connectivity index (χ2v) is 4.00. The molecule has 0 fully saturated rings. The van der Waals surface area contributed by atoms with Gasteiger partial charge in [-0.1, -0.05) is 6.07 Å². The number of nitrogen functional groups attached to an aromatic ring is 1. The Hall–Kier alpha value is -2.23. The molecule has 92 valence electrons. The molecular weight excluding hydrogens is 236 g/mol. The number of benzene rings is 2. The van der Waals surface area contributed by atoms with Crippen molar-refractivity contribution in [1.82, 2.24) is 0 Å². The highest BCUT2D eigenvalue weighted by Gasteiger charge is 2.18. The molecule has 0 radical (unpaired) electrons. The van der Waals surface area contributed by atoms with Crippen molar-refractivity contribution in [3.05, 3.63) is 64.7 Å². The van der Waals surface area contributed by atoms with Gasteiger partial charge in [0.05, 0.1) is 5.56 Å². The first kappa shape index (κ1) is 12.2. The first-order valence-electron chi connectivity index (χ1n) is 5.35. The van der Waals surface area contributed by atoms with Crippen molar-refractivity contribution < 1.29 is 13.6 Å². The summed E-state index contributed by atoms with van der Waals surface area (Å²) in [7, 11) is 0. The molecule has 2 rings (SSSR count). The van der Waals surface area contributed by atoms with Crippen LogP contribution in [0.15, 0.2) is 36.4 Å². The molecule has 2 aromatic carbocycles. The van der Waals surface area contributed by atoms with Gasteiger partial charge in [-0.2, -0.15) is 0 Å². The molecule has 0 aliphatic heterocycles. The molecule has 0 amide bonds. The van der Waals surface area contributed by atoms with Gasteiger partial charge in [0.1, 0.15) is 0 Å². The van der Waals surface area contributed by atoms with E-state index in [1.807, 2.05) is 0 Å². The van der Waals surface area contributed by atoms with E-state index in [0.29, 0.717) is 16.8 Å². The van der Waals surface area contributed by atoms with Crippen LogP contribution in [-0.2, 0) is 0 Å². The first-order valence-corrected chi connectivity index (χ1v) is 5.35. The molecule has 0 aliphatic carbocycles. The number of rotatable bonds is 2. The predicted octanol–water partition coefficient (Wildman–Crippen LogP) is 3.09. The molecule has 2 aromatic rings. The van der Waals surface area contributed by atoms with Crippen LogP contribution >= 0.6 is 0 Å². The Morgan fingerprint density at radius 1 is 1.11 bits per heavy atom. The number of nitrogens with two attached hydrogens (primary N) is 1. The number of aryl methyl sites for hydroxylation is 1. The summed E-state index contributed by atoms with van der Waals surface area (Å²) in [4.78, 5) is 12.1. The Labute approximate surface area is 103 Å². The van der Waals surface area contributed by atoms with E-state index in [-0.39, 0.29) is 5.56 Å². The van der Waals surface area contributed by atoms with Crippen molar-refractivity contribution in [2.45, 2.75) is 6.92 Å². The van der Waals surface area contributed by atoms with Crippen LogP contribution in [0.25, 0.3) is 0 Å². The van der Waals surface area contributed by atoms with E-state index >= 15 is 0 Å². The number of ketones is 1. The van der Waals surface area contributed by atoms with Crippen molar-refractivity contribution in [2.24, 2.45) is 0 Å². The van der Waals surface area contributed by atoms with E-state index in [9.17, 15) is 13.6 Å². The summed E-state index contributed by atoms with van der Waals surface area (Å²) >= 11 is 0. The summed E-state index contributed by atoms with van der Waals surface area (Å²) in [6.07, 6.45) is 0. The van der Waals surface area contributed by atoms with Gasteiger partial charge < -0.3 is 5.73 Å². The Balaban J connectivity index is 2.51. The standard InChI is InChI=1S/C14H11F2NO/c1-8-7-9(17)5-6-10(8)14(18)11-3-2-4-12(15)13(11)16/h2-7H,17H2,1H3. The molecule has 18 heavy (non-hydrogen) atoms. The summed E-state index contributed by atoms with van der Waals surface area (Å²) in [5.74, 6) is -2.71. The van der Waals surface area contributed by atoms with E-state index < -0.39 is 17.4 Å². The topological polar surface area (TPSA) is 43.1 Å². The Bertz CT molecular complexity index is 623. The van der Waals surface area contributed by atoms with Crippen molar-refractivity contribution in [3.63, 3.8) is 0 Å². The molecule has 0 saturated heterocycles. The van der Waals surface area contributed by atoms with Crippen LogP contribution in [0.3, 0.4) is 0 Å². The molecular formula is C14H11F2NO. The van der Waals surface area contributed by atoms with Gasteiger partial charge in [-0.15, -0.1) is 0 Å². The van der Waals surface area contributed by atoms with E-state index in [0.717, 1.165) is 6.07 Å². The summed E-state index contributed by atoms with van der Waals surface area (Å²) in [6.45, 7) is 1.70. The summed E-state index contributed by atoms with van der Waals surface area (Å²) in [5.41, 5.74) is 6.76. The van der Waals surface area contributed by atoms with Crippen molar-refractivity contribution in [1.29, 1.82) is 0 Å². The van der Waals surface area contributed by atoms with Crippen LogP contribution in [0.5, 0.6) is 0 Å². The highest BCUT2D eigenvalue weighted by atomic mass is 19.2. The molecule has 0 saturated carbocycles. The van der Waals surface area contributed by atoms with Crippen LogP contribution in [0.2, 0.25) is 0 Å². The van der Waals surface area contributed by atoms with Gasteiger partial charge >= 0.3 is 0 Å². The Morgan fingerprint density at radius 2 is 1.83 bits per heavy atom. The lowest BCUT2D eigenvalue weighted by atomic mass is 9.98. The zero-order chi connectivity index (χ0) is 13.3. The highest BCUT2D eigenvalue weighted by molar-refractivity contribution is 6.10. The van der Waals surface area contributed by atoms with Gasteiger partial charge in [-0.3, -0.25) is 4.79 Å². The highest BCUT2D eigenvalue weighted by Crippen LogP contribution is 2.20. The van der Waals surface area contributed by atoms with Gasteiger partial charge in [-0.25, -0.2) is 8.78 Å². The zero-order valence-corrected chi connectivity index (χ0v) is 9.71. The number of carbonyl (C=O) groups is 1. The molecule has 2 N–H and O–H groups in total. The molecule has 2 nitrogen and oxygen atoms in total. The lowest BCUT2D eigenvalue weighted by molar-refractivity contribution is 0.103. The maximum Gasteiger partial charge on any atom is 0.196 e. The third kappa shape index (κ3) is 2.09. The smallest absolute Gasteiger partial charge is 0.196 e. The summed E-state index contributed by atoms with van der Waals surface area (Å²) < 4.78 is 26.6. The molecule has 0 aromatic heterocycles. The number of hydrogen-bond acceptors (Lipinski definition) is 2. The minimum atomic E-state index is -1.13. The van der Waals surface area contributed by atoms with Crippen LogP contribution in [0.1, 0.15) is 21.5 Å². The zero-order valence-electron chi connectivity index (χ0n) is 9.71. The van der Waals surface area contributed by atoms with Gasteiger partial charge in [0.2, 0.25) is 0 Å². The van der Waals surface area contributed by atoms with Gasteiger partial charge in [0.15, 0.2) is 17.4 Å². The second-order valence-electron chi connectivity index (χ2n) is 4.00. The van der Waals surface area contributed by atoms with Gasteiger partial charge in [-0.05, 0) is 42.8 Å². The fraction of sp³-hybridized carbons (Fsp3) is 0.0714. The molecule has 0 atom stereocenters.